The molecular formula is C20H29N3O3. The fourth-order valence-corrected chi connectivity index (χ4v) is 5.82. The lowest BCUT2D eigenvalue weighted by Crippen LogP contribution is -2.48. The van der Waals surface area contributed by atoms with Crippen LogP contribution in [-0.4, -0.2) is 54.8 Å². The van der Waals surface area contributed by atoms with E-state index in [1.54, 1.807) is 20.2 Å². The van der Waals surface area contributed by atoms with Gasteiger partial charge in [-0.25, -0.2) is 0 Å². The van der Waals surface area contributed by atoms with Crippen molar-refractivity contribution in [3.63, 3.8) is 0 Å². The second-order valence-electron chi connectivity index (χ2n) is 8.46. The van der Waals surface area contributed by atoms with Crippen molar-refractivity contribution in [2.75, 3.05) is 33.2 Å². The fourth-order valence-electron chi connectivity index (χ4n) is 5.82. The van der Waals surface area contributed by atoms with Crippen LogP contribution in [0.25, 0.3) is 0 Å². The largest absolute Gasteiger partial charge is 0.472 e. The first-order chi connectivity index (χ1) is 12.5. The number of piperidine rings is 1. The topological polar surface area (TPSA) is 65.8 Å². The molecule has 3 fully saturated rings. The molecule has 142 valence electrons. The van der Waals surface area contributed by atoms with Gasteiger partial charge in [-0.15, -0.1) is 0 Å². The summed E-state index contributed by atoms with van der Waals surface area (Å²) in [4.78, 5) is 29.2. The second kappa shape index (κ2) is 6.41. The Morgan fingerprint density at radius 2 is 2.04 bits per heavy atom. The summed E-state index contributed by atoms with van der Waals surface area (Å²) in [6.07, 6.45) is 7.78. The van der Waals surface area contributed by atoms with Crippen LogP contribution in [-0.2, 0) is 16.1 Å². The second-order valence-corrected chi connectivity index (χ2v) is 8.46. The Labute approximate surface area is 154 Å². The van der Waals surface area contributed by atoms with Gasteiger partial charge in [0.2, 0.25) is 11.8 Å². The summed E-state index contributed by atoms with van der Waals surface area (Å²) in [5, 5.41) is 2.89. The highest BCUT2D eigenvalue weighted by Crippen LogP contribution is 2.62. The molecule has 3 aliphatic rings. The maximum atomic E-state index is 12.8. The van der Waals surface area contributed by atoms with E-state index in [-0.39, 0.29) is 28.6 Å². The number of nitrogens with zero attached hydrogens (tertiary/aromatic N) is 2. The third-order valence-corrected chi connectivity index (χ3v) is 7.31. The molecule has 4 rings (SSSR count). The predicted molar refractivity (Wildman–Crippen MR) is 97.1 cm³/mol. The lowest BCUT2D eigenvalue weighted by molar-refractivity contribution is -0.133. The average Bonchev–Trinajstić information content (AvgIpc) is 3.34. The van der Waals surface area contributed by atoms with Crippen molar-refractivity contribution < 1.29 is 14.0 Å². The van der Waals surface area contributed by atoms with Crippen LogP contribution >= 0.6 is 0 Å². The van der Waals surface area contributed by atoms with Crippen molar-refractivity contribution in [3.8, 4) is 0 Å². The number of likely N-dealkylation sites (tertiary alicyclic amines) is 2. The van der Waals surface area contributed by atoms with E-state index in [4.69, 9.17) is 4.42 Å². The maximum Gasteiger partial charge on any atom is 0.228 e. The number of fused-ring (bicyclic) bond motifs is 2. The summed E-state index contributed by atoms with van der Waals surface area (Å²) in [6, 6.07) is 2.03. The van der Waals surface area contributed by atoms with Gasteiger partial charge in [0.25, 0.3) is 0 Å². The van der Waals surface area contributed by atoms with Crippen molar-refractivity contribution in [2.45, 2.75) is 39.2 Å². The summed E-state index contributed by atoms with van der Waals surface area (Å²) in [7, 11) is 1.73. The van der Waals surface area contributed by atoms with E-state index in [2.05, 4.69) is 10.2 Å². The molecule has 3 heterocycles. The predicted octanol–water partition coefficient (Wildman–Crippen LogP) is 1.87. The molecule has 2 amide bonds. The Morgan fingerprint density at radius 1 is 1.27 bits per heavy atom. The Hall–Kier alpha value is -1.82. The van der Waals surface area contributed by atoms with Gasteiger partial charge in [-0.2, -0.15) is 0 Å². The van der Waals surface area contributed by atoms with Gasteiger partial charge in [-0.3, -0.25) is 14.5 Å². The molecular weight excluding hydrogens is 330 g/mol. The molecule has 1 spiro atoms. The molecule has 1 aliphatic carbocycles. The molecule has 26 heavy (non-hydrogen) atoms. The van der Waals surface area contributed by atoms with Gasteiger partial charge >= 0.3 is 0 Å². The van der Waals surface area contributed by atoms with Crippen molar-refractivity contribution in [2.24, 2.45) is 16.7 Å². The van der Waals surface area contributed by atoms with Crippen LogP contribution < -0.4 is 5.32 Å². The Kier molecular flexibility index (Phi) is 4.34. The quantitative estimate of drug-likeness (QED) is 0.895. The molecule has 2 saturated heterocycles. The molecule has 6 heteroatoms. The van der Waals surface area contributed by atoms with Crippen LogP contribution in [0.3, 0.4) is 0 Å². The summed E-state index contributed by atoms with van der Waals surface area (Å²) in [5.74, 6) is 0.508. The average molecular weight is 359 g/mol. The zero-order chi connectivity index (χ0) is 18.4. The number of furan rings is 1. The minimum Gasteiger partial charge on any atom is -0.472 e. The molecule has 6 nitrogen and oxygen atoms in total. The highest BCUT2D eigenvalue weighted by atomic mass is 16.3. The first-order valence-corrected chi connectivity index (χ1v) is 9.70. The minimum atomic E-state index is -0.382. The molecule has 1 saturated carbocycles. The van der Waals surface area contributed by atoms with Crippen molar-refractivity contribution >= 4 is 11.8 Å². The third-order valence-electron chi connectivity index (χ3n) is 7.31. The zero-order valence-corrected chi connectivity index (χ0v) is 15.8. The van der Waals surface area contributed by atoms with Gasteiger partial charge in [0, 0.05) is 39.2 Å². The standard InChI is InChI=1S/C20H29N3O3/c1-15(24)23-12-17-19(4-5-20(17,14-23)18(25)21-2)6-8-22(9-7-19)11-16-3-10-26-13-16/h3,10,13,17H,4-9,11-12,14H2,1-2H3,(H,21,25)/t17-,20+/m0/s1. The number of nitrogens with one attached hydrogen (secondary N) is 1. The number of rotatable bonds is 3. The Bertz CT molecular complexity index is 678. The summed E-state index contributed by atoms with van der Waals surface area (Å²) < 4.78 is 5.18. The first-order valence-electron chi connectivity index (χ1n) is 9.70. The molecule has 2 atom stereocenters. The van der Waals surface area contributed by atoms with Gasteiger partial charge in [-0.1, -0.05) is 0 Å². The van der Waals surface area contributed by atoms with E-state index in [0.717, 1.165) is 51.9 Å². The van der Waals surface area contributed by atoms with Gasteiger partial charge in [0.15, 0.2) is 0 Å². The molecule has 0 aromatic carbocycles. The highest BCUT2D eigenvalue weighted by Gasteiger charge is 2.64. The summed E-state index contributed by atoms with van der Waals surface area (Å²) in [5.41, 5.74) is 1.03. The fraction of sp³-hybridized carbons (Fsp3) is 0.700. The molecule has 2 aliphatic heterocycles. The van der Waals surface area contributed by atoms with Crippen LogP contribution in [0, 0.1) is 16.7 Å². The van der Waals surface area contributed by atoms with Gasteiger partial charge in [0.1, 0.15) is 0 Å². The molecule has 1 N–H and O–H groups in total. The van der Waals surface area contributed by atoms with E-state index in [1.165, 1.54) is 5.56 Å². The van der Waals surface area contributed by atoms with Crippen LogP contribution in [0.5, 0.6) is 0 Å². The number of hydrogen-bond acceptors (Lipinski definition) is 4. The van der Waals surface area contributed by atoms with Crippen LogP contribution in [0.1, 0.15) is 38.2 Å². The van der Waals surface area contributed by atoms with Crippen LogP contribution in [0.4, 0.5) is 0 Å². The van der Waals surface area contributed by atoms with E-state index in [1.807, 2.05) is 17.2 Å². The lowest BCUT2D eigenvalue weighted by Gasteiger charge is -2.44. The lowest BCUT2D eigenvalue weighted by atomic mass is 9.65. The molecule has 0 bridgehead atoms. The van der Waals surface area contributed by atoms with Crippen molar-refractivity contribution in [1.29, 1.82) is 0 Å². The van der Waals surface area contributed by atoms with E-state index >= 15 is 0 Å². The minimum absolute atomic E-state index is 0.0928. The van der Waals surface area contributed by atoms with Crippen LogP contribution in [0.15, 0.2) is 23.0 Å². The van der Waals surface area contributed by atoms with E-state index in [9.17, 15) is 9.59 Å². The van der Waals surface area contributed by atoms with E-state index < -0.39 is 0 Å². The number of hydrogen-bond donors (Lipinski definition) is 1. The monoisotopic (exact) mass is 359 g/mol. The maximum absolute atomic E-state index is 12.8. The summed E-state index contributed by atoms with van der Waals surface area (Å²) in [6.45, 7) is 5.98. The zero-order valence-electron chi connectivity index (χ0n) is 15.8. The van der Waals surface area contributed by atoms with Gasteiger partial charge in [-0.05, 0) is 56.2 Å². The third kappa shape index (κ3) is 2.66. The molecule has 1 aromatic heterocycles. The van der Waals surface area contributed by atoms with E-state index in [0.29, 0.717) is 6.54 Å². The van der Waals surface area contributed by atoms with Crippen LogP contribution in [0.2, 0.25) is 0 Å². The SMILES string of the molecule is CNC(=O)[C@@]12CCC3(CCN(Cc4ccoc4)CC3)[C@@H]1CN(C(C)=O)C2. The van der Waals surface area contributed by atoms with Gasteiger partial charge in [0.05, 0.1) is 17.9 Å². The number of amides is 2. The van der Waals surface area contributed by atoms with Gasteiger partial charge < -0.3 is 14.6 Å². The smallest absolute Gasteiger partial charge is 0.228 e. The van der Waals surface area contributed by atoms with Crippen molar-refractivity contribution in [1.82, 2.24) is 15.1 Å². The summed E-state index contributed by atoms with van der Waals surface area (Å²) >= 11 is 0. The number of carbonyl (C=O) groups excluding carboxylic acids is 2. The highest BCUT2D eigenvalue weighted by molar-refractivity contribution is 5.85. The Balaban J connectivity index is 1.51. The van der Waals surface area contributed by atoms with Crippen molar-refractivity contribution in [3.05, 3.63) is 24.2 Å². The molecule has 0 radical (unpaired) electrons. The molecule has 0 unspecified atom stereocenters. The first kappa shape index (κ1) is 17.6. The Morgan fingerprint density at radius 3 is 2.65 bits per heavy atom. The molecule has 1 aromatic rings. The normalized spacial score (nSPS) is 30.5. The number of carbonyl (C=O) groups is 2.